The molecule has 9 heteroatoms. The lowest BCUT2D eigenvalue weighted by Gasteiger charge is -2.40. The summed E-state index contributed by atoms with van der Waals surface area (Å²) < 4.78 is 23.1. The molecule has 172 valence electrons. The van der Waals surface area contributed by atoms with Gasteiger partial charge in [0.15, 0.2) is 0 Å². The van der Waals surface area contributed by atoms with E-state index in [2.05, 4.69) is 4.99 Å². The van der Waals surface area contributed by atoms with E-state index in [-0.39, 0.29) is 30.4 Å². The molecule has 2 fully saturated rings. The van der Waals surface area contributed by atoms with Crippen molar-refractivity contribution in [3.8, 4) is 0 Å². The third kappa shape index (κ3) is 6.51. The zero-order valence-corrected chi connectivity index (χ0v) is 19.4. The topological polar surface area (TPSA) is 103 Å². The summed E-state index contributed by atoms with van der Waals surface area (Å²) >= 11 is 0. The molecule has 2 unspecified atom stereocenters. The lowest BCUT2D eigenvalue weighted by Crippen LogP contribution is -2.47. The second-order valence-corrected chi connectivity index (χ2v) is 9.89. The predicted octanol–water partition coefficient (Wildman–Crippen LogP) is 3.33. The van der Waals surface area contributed by atoms with Crippen LogP contribution in [0.15, 0.2) is 34.2 Å². The maximum atomic E-state index is 12.3. The molecular weight excluding hydrogens is 418 g/mol. The molecule has 0 aromatic heterocycles. The second kappa shape index (κ2) is 10.6. The fraction of sp³-hybridized carbons (Fsp3) is 0.636. The number of benzene rings is 1. The van der Waals surface area contributed by atoms with Gasteiger partial charge in [0.05, 0.1) is 12.1 Å². The number of carbonyl (C=O) groups is 1. The maximum Gasteiger partial charge on any atom is 0.410 e. The summed E-state index contributed by atoms with van der Waals surface area (Å²) in [5.74, 6) is 5.71. The van der Waals surface area contributed by atoms with E-state index in [9.17, 15) is 9.00 Å². The van der Waals surface area contributed by atoms with Gasteiger partial charge in [-0.15, -0.1) is 0 Å². The molecule has 1 saturated carbocycles. The van der Waals surface area contributed by atoms with Gasteiger partial charge in [0.1, 0.15) is 12.2 Å². The number of nitrogens with two attached hydrogens (primary N) is 1. The van der Waals surface area contributed by atoms with E-state index in [0.29, 0.717) is 19.0 Å². The molecular formula is C22H33N3O5S. The van der Waals surface area contributed by atoms with Crippen LogP contribution in [0, 0.1) is 0 Å². The van der Waals surface area contributed by atoms with Gasteiger partial charge in [0, 0.05) is 35.0 Å². The van der Waals surface area contributed by atoms with Crippen molar-refractivity contribution in [1.82, 2.24) is 4.90 Å². The normalized spacial score (nSPS) is 21.2. The van der Waals surface area contributed by atoms with Crippen LogP contribution < -0.4 is 5.90 Å². The number of hydrogen-bond donors (Lipinski definition) is 1. The Kier molecular flexibility index (Phi) is 8.07. The molecule has 31 heavy (non-hydrogen) atoms. The Morgan fingerprint density at radius 1 is 1.29 bits per heavy atom. The van der Waals surface area contributed by atoms with Crippen LogP contribution >= 0.6 is 0 Å². The van der Waals surface area contributed by atoms with Crippen LogP contribution in [0.25, 0.3) is 0 Å². The molecule has 8 nitrogen and oxygen atoms in total. The van der Waals surface area contributed by atoms with Crippen LogP contribution in [0.5, 0.6) is 0 Å². The number of aliphatic imine (C=N–C) groups is 1. The average molecular weight is 452 g/mol. The fourth-order valence-electron chi connectivity index (χ4n) is 3.78. The number of carbonyl (C=O) groups excluding carboxylic acids is 1. The molecule has 2 aliphatic rings. The quantitative estimate of drug-likeness (QED) is 0.387. The Balaban J connectivity index is 1.45. The third-order valence-electron chi connectivity index (χ3n) is 6.06. The lowest BCUT2D eigenvalue weighted by molar-refractivity contribution is -0.0554. The summed E-state index contributed by atoms with van der Waals surface area (Å²) in [6, 6.07) is 7.30. The van der Waals surface area contributed by atoms with Crippen molar-refractivity contribution in [2.75, 3.05) is 26.0 Å². The zero-order chi connectivity index (χ0) is 22.4. The van der Waals surface area contributed by atoms with Crippen LogP contribution in [0.4, 0.5) is 4.79 Å². The highest BCUT2D eigenvalue weighted by molar-refractivity contribution is 7.84. The molecule has 1 aliphatic carbocycles. The molecule has 1 heterocycles. The Morgan fingerprint density at radius 2 is 1.94 bits per heavy atom. The molecule has 2 N–H and O–H groups in total. The molecule has 1 aromatic rings. The highest BCUT2D eigenvalue weighted by Gasteiger charge is 2.37. The lowest BCUT2D eigenvalue weighted by atomic mass is 9.82. The van der Waals surface area contributed by atoms with Crippen LogP contribution in [0.1, 0.15) is 57.6 Å². The van der Waals surface area contributed by atoms with E-state index >= 15 is 0 Å². The molecule has 0 radical (unpaired) electrons. The van der Waals surface area contributed by atoms with Gasteiger partial charge in [0.2, 0.25) is 5.90 Å². The fourth-order valence-corrected chi connectivity index (χ4v) is 4.30. The first kappa shape index (κ1) is 23.7. The number of ether oxygens (including phenoxy) is 2. The zero-order valence-electron chi connectivity index (χ0n) is 18.5. The van der Waals surface area contributed by atoms with Crippen molar-refractivity contribution in [3.05, 3.63) is 29.8 Å². The Bertz CT molecular complexity index is 802. The van der Waals surface area contributed by atoms with Crippen molar-refractivity contribution < 1.29 is 23.3 Å². The van der Waals surface area contributed by atoms with Gasteiger partial charge in [-0.25, -0.2) is 9.79 Å². The Labute approximate surface area is 186 Å². The predicted molar refractivity (Wildman–Crippen MR) is 119 cm³/mol. The molecule has 1 saturated heterocycles. The van der Waals surface area contributed by atoms with Crippen LogP contribution in [-0.4, -0.2) is 58.8 Å². The minimum Gasteiger partial charge on any atom is -0.443 e. The number of likely N-dealkylation sites (tertiary alicyclic amines) is 1. The first-order valence-corrected chi connectivity index (χ1v) is 12.3. The maximum absolute atomic E-state index is 12.3. The Morgan fingerprint density at radius 3 is 2.45 bits per heavy atom. The smallest absolute Gasteiger partial charge is 0.410 e. The van der Waals surface area contributed by atoms with E-state index in [0.717, 1.165) is 42.6 Å². The van der Waals surface area contributed by atoms with Gasteiger partial charge in [0.25, 0.3) is 0 Å². The second-order valence-electron chi connectivity index (χ2n) is 8.51. The van der Waals surface area contributed by atoms with E-state index in [1.54, 1.807) is 11.2 Å². The van der Waals surface area contributed by atoms with Gasteiger partial charge in [-0.3, -0.25) is 4.21 Å². The summed E-state index contributed by atoms with van der Waals surface area (Å²) in [6.45, 7) is 5.32. The van der Waals surface area contributed by atoms with Crippen LogP contribution in [0.2, 0.25) is 0 Å². The summed E-state index contributed by atoms with van der Waals surface area (Å²) in [6.07, 6.45) is 5.91. The summed E-state index contributed by atoms with van der Waals surface area (Å²) in [7, 11) is -1.01. The molecule has 1 aromatic carbocycles. The molecule has 1 amide bonds. The van der Waals surface area contributed by atoms with Crippen molar-refractivity contribution in [3.63, 3.8) is 0 Å². The van der Waals surface area contributed by atoms with E-state index in [1.807, 2.05) is 38.1 Å². The highest BCUT2D eigenvalue weighted by Crippen LogP contribution is 2.35. The first-order chi connectivity index (χ1) is 14.8. The summed E-state index contributed by atoms with van der Waals surface area (Å²) in [5, 5.41) is 0. The van der Waals surface area contributed by atoms with E-state index < -0.39 is 10.8 Å². The number of hydrogen-bond acceptors (Lipinski definition) is 7. The Hall–Kier alpha value is -1.97. The van der Waals surface area contributed by atoms with Gasteiger partial charge in [-0.05, 0) is 63.6 Å². The minimum atomic E-state index is -1.01. The monoisotopic (exact) mass is 451 g/mol. The number of piperidine rings is 1. The van der Waals surface area contributed by atoms with Gasteiger partial charge >= 0.3 is 6.09 Å². The molecule has 0 bridgehead atoms. The van der Waals surface area contributed by atoms with Crippen molar-refractivity contribution in [2.45, 2.75) is 68.6 Å². The van der Waals surface area contributed by atoms with E-state index in [1.165, 1.54) is 0 Å². The highest BCUT2D eigenvalue weighted by atomic mass is 32.2. The first-order valence-electron chi connectivity index (χ1n) is 10.8. The summed E-state index contributed by atoms with van der Waals surface area (Å²) in [4.78, 5) is 24.3. The molecule has 2 atom stereocenters. The van der Waals surface area contributed by atoms with Crippen molar-refractivity contribution in [2.24, 2.45) is 10.9 Å². The molecule has 1 aliphatic heterocycles. The van der Waals surface area contributed by atoms with Gasteiger partial charge in [-0.1, -0.05) is 12.1 Å². The number of nitrogens with zero attached hydrogens (tertiary/aromatic N) is 2. The molecule has 0 spiro atoms. The van der Waals surface area contributed by atoms with Crippen molar-refractivity contribution >= 4 is 22.8 Å². The van der Waals surface area contributed by atoms with Gasteiger partial charge in [-0.2, -0.15) is 5.90 Å². The SMILES string of the molecule is CC(N=C(COC1CCN(C(=O)OC2(C)CCC2)CC1)ON)c1ccc(S(C)=O)cc1. The van der Waals surface area contributed by atoms with E-state index in [4.69, 9.17) is 20.2 Å². The number of rotatable bonds is 7. The minimum absolute atomic E-state index is 0.0119. The van der Waals surface area contributed by atoms with Crippen LogP contribution in [-0.2, 0) is 25.1 Å². The van der Waals surface area contributed by atoms with Gasteiger partial charge < -0.3 is 19.2 Å². The largest absolute Gasteiger partial charge is 0.443 e. The summed E-state index contributed by atoms with van der Waals surface area (Å²) in [5.41, 5.74) is 0.689. The third-order valence-corrected chi connectivity index (χ3v) is 6.99. The number of amides is 1. The molecule has 3 rings (SSSR count). The average Bonchev–Trinajstić information content (AvgIpc) is 2.75. The standard InChI is InChI=1S/C22H33N3O5S/c1-16(17-5-7-19(8-6-17)31(3)27)24-20(30-23)15-28-18-9-13-25(14-10-18)21(26)29-22(2)11-4-12-22/h5-8,16,18H,4,9-15,23H2,1-3H3. The van der Waals surface area contributed by atoms with Crippen molar-refractivity contribution in [1.29, 1.82) is 0 Å². The van der Waals surface area contributed by atoms with Crippen LogP contribution in [0.3, 0.4) is 0 Å².